The highest BCUT2D eigenvalue weighted by Gasteiger charge is 2.51. The van der Waals surface area contributed by atoms with Gasteiger partial charge in [-0.15, -0.1) is 0 Å². The summed E-state index contributed by atoms with van der Waals surface area (Å²) in [5, 5.41) is 3.85. The second-order valence-corrected chi connectivity index (χ2v) is 12.1. The Balaban J connectivity index is 1.20. The highest BCUT2D eigenvalue weighted by Crippen LogP contribution is 2.57. The van der Waals surface area contributed by atoms with Gasteiger partial charge in [-0.25, -0.2) is 0 Å². The predicted octanol–water partition coefficient (Wildman–Crippen LogP) is 8.19. The average Bonchev–Trinajstić information content (AvgIpc) is 2.88. The minimum absolute atomic E-state index is 0.301. The van der Waals surface area contributed by atoms with Gasteiger partial charge in [0.15, 0.2) is 0 Å². The van der Waals surface area contributed by atoms with Crippen LogP contribution in [0.3, 0.4) is 0 Å². The molecule has 2 aliphatic carbocycles. The molecule has 2 aliphatic rings. The molecule has 0 aromatic heterocycles. The zero-order valence-electron chi connectivity index (χ0n) is 22.6. The van der Waals surface area contributed by atoms with E-state index >= 15 is 0 Å². The first-order valence-corrected chi connectivity index (χ1v) is 14.0. The van der Waals surface area contributed by atoms with Gasteiger partial charge in [-0.05, 0) is 88.3 Å². The minimum Gasteiger partial charge on any atom is -0.489 e. The first kappa shape index (κ1) is 25.1. The van der Waals surface area contributed by atoms with Crippen molar-refractivity contribution in [2.75, 3.05) is 6.54 Å². The van der Waals surface area contributed by atoms with Gasteiger partial charge in [0, 0.05) is 13.1 Å². The minimum atomic E-state index is 0.301. The molecule has 3 aromatic carbocycles. The Labute approximate surface area is 218 Å². The Hall–Kier alpha value is -2.58. The largest absolute Gasteiger partial charge is 0.489 e. The van der Waals surface area contributed by atoms with E-state index < -0.39 is 0 Å². The second kappa shape index (κ2) is 10.4. The van der Waals surface area contributed by atoms with Crippen molar-refractivity contribution in [3.8, 4) is 5.75 Å². The molecule has 0 heterocycles. The lowest BCUT2D eigenvalue weighted by Gasteiger charge is -2.55. The molecule has 0 saturated heterocycles. The molecule has 2 heteroatoms. The summed E-state index contributed by atoms with van der Waals surface area (Å²) in [6.07, 6.45) is 6.52. The van der Waals surface area contributed by atoms with E-state index in [0.29, 0.717) is 23.4 Å². The van der Waals surface area contributed by atoms with Crippen molar-refractivity contribution in [3.63, 3.8) is 0 Å². The smallest absolute Gasteiger partial charge is 0.119 e. The average molecular weight is 482 g/mol. The van der Waals surface area contributed by atoms with E-state index in [1.807, 2.05) is 6.07 Å². The van der Waals surface area contributed by atoms with Crippen LogP contribution in [0.5, 0.6) is 5.75 Å². The standard InChI is InChI=1S/C34H43NO/c1-25(2)28-13-17-31-29(21-28)14-18-32-33(3,19-8-20-34(31,32)4)24-35-22-26-11-15-30(16-12-26)36-23-27-9-6-5-7-10-27/h5-7,9-13,15-17,21,25,32,35H,8,14,18-20,22-24H2,1-4H3/t32-,33+,34+/m1/s1. The maximum Gasteiger partial charge on any atom is 0.119 e. The van der Waals surface area contributed by atoms with Crippen LogP contribution in [0.15, 0.2) is 72.8 Å². The number of nitrogens with one attached hydrogen (secondary N) is 1. The SMILES string of the molecule is CC(C)c1ccc2c(c1)CC[C@@H]1[C@](C)(CNCc3ccc(OCc4ccccc4)cc3)CCC[C@@]21C. The molecule has 0 amide bonds. The molecule has 190 valence electrons. The summed E-state index contributed by atoms with van der Waals surface area (Å²) in [5.41, 5.74) is 7.90. The number of aryl methyl sites for hydroxylation is 1. The summed E-state index contributed by atoms with van der Waals surface area (Å²) in [7, 11) is 0. The fourth-order valence-electron chi connectivity index (χ4n) is 7.15. The molecule has 0 radical (unpaired) electrons. The van der Waals surface area contributed by atoms with Crippen molar-refractivity contribution in [2.24, 2.45) is 11.3 Å². The van der Waals surface area contributed by atoms with E-state index in [1.165, 1.54) is 48.8 Å². The van der Waals surface area contributed by atoms with Gasteiger partial charge in [-0.1, -0.05) is 94.8 Å². The molecule has 0 spiro atoms. The van der Waals surface area contributed by atoms with Gasteiger partial charge in [-0.3, -0.25) is 0 Å². The van der Waals surface area contributed by atoms with E-state index in [9.17, 15) is 0 Å². The van der Waals surface area contributed by atoms with Crippen molar-refractivity contribution >= 4 is 0 Å². The summed E-state index contributed by atoms with van der Waals surface area (Å²) in [4.78, 5) is 0. The second-order valence-electron chi connectivity index (χ2n) is 12.1. The monoisotopic (exact) mass is 481 g/mol. The van der Waals surface area contributed by atoms with Crippen LogP contribution in [-0.2, 0) is 25.0 Å². The summed E-state index contributed by atoms with van der Waals surface area (Å²) >= 11 is 0. The fraction of sp³-hybridized carbons (Fsp3) is 0.471. The molecular formula is C34H43NO. The quantitative estimate of drug-likeness (QED) is 0.350. The van der Waals surface area contributed by atoms with Gasteiger partial charge in [0.1, 0.15) is 12.4 Å². The van der Waals surface area contributed by atoms with Crippen molar-refractivity contribution in [1.29, 1.82) is 0 Å². The lowest BCUT2D eigenvalue weighted by Crippen LogP contribution is -2.52. The summed E-state index contributed by atoms with van der Waals surface area (Å²) in [5.74, 6) is 2.27. The Morgan fingerprint density at radius 1 is 0.917 bits per heavy atom. The van der Waals surface area contributed by atoms with Gasteiger partial charge in [0.05, 0.1) is 0 Å². The maximum absolute atomic E-state index is 5.96. The molecule has 1 saturated carbocycles. The number of benzene rings is 3. The summed E-state index contributed by atoms with van der Waals surface area (Å²) < 4.78 is 5.96. The van der Waals surface area contributed by atoms with Crippen molar-refractivity contribution in [3.05, 3.63) is 101 Å². The highest BCUT2D eigenvalue weighted by molar-refractivity contribution is 5.42. The molecule has 1 fully saturated rings. The molecule has 3 aromatic rings. The lowest BCUT2D eigenvalue weighted by atomic mass is 9.49. The van der Waals surface area contributed by atoms with E-state index in [-0.39, 0.29) is 0 Å². The van der Waals surface area contributed by atoms with Crippen LogP contribution >= 0.6 is 0 Å². The Morgan fingerprint density at radius 2 is 1.69 bits per heavy atom. The van der Waals surface area contributed by atoms with Crippen LogP contribution in [0.2, 0.25) is 0 Å². The normalized spacial score (nSPS) is 25.3. The molecule has 2 nitrogen and oxygen atoms in total. The van der Waals surface area contributed by atoms with Gasteiger partial charge in [0.2, 0.25) is 0 Å². The van der Waals surface area contributed by atoms with Crippen LogP contribution < -0.4 is 10.1 Å². The Bertz CT molecular complexity index is 1150. The first-order valence-electron chi connectivity index (χ1n) is 14.0. The van der Waals surface area contributed by atoms with Gasteiger partial charge in [0.25, 0.3) is 0 Å². The molecule has 5 rings (SSSR count). The molecular weight excluding hydrogens is 438 g/mol. The van der Waals surface area contributed by atoms with Crippen LogP contribution in [-0.4, -0.2) is 6.54 Å². The van der Waals surface area contributed by atoms with E-state index in [4.69, 9.17) is 4.74 Å². The summed E-state index contributed by atoms with van der Waals surface area (Å²) in [6, 6.07) is 26.3. The zero-order chi connectivity index (χ0) is 25.2. The molecule has 3 atom stereocenters. The molecule has 1 N–H and O–H groups in total. The number of ether oxygens (including phenoxy) is 1. The first-order chi connectivity index (χ1) is 17.4. The zero-order valence-corrected chi connectivity index (χ0v) is 22.6. The number of hydrogen-bond donors (Lipinski definition) is 1. The van der Waals surface area contributed by atoms with E-state index in [0.717, 1.165) is 24.8 Å². The maximum atomic E-state index is 5.96. The molecule has 0 bridgehead atoms. The third-order valence-corrected chi connectivity index (χ3v) is 9.20. The van der Waals surface area contributed by atoms with Gasteiger partial charge >= 0.3 is 0 Å². The van der Waals surface area contributed by atoms with Crippen molar-refractivity contribution in [2.45, 2.75) is 84.3 Å². The number of fused-ring (bicyclic) bond motifs is 3. The van der Waals surface area contributed by atoms with E-state index in [1.54, 1.807) is 11.1 Å². The van der Waals surface area contributed by atoms with Gasteiger partial charge < -0.3 is 10.1 Å². The molecule has 0 unspecified atom stereocenters. The van der Waals surface area contributed by atoms with Crippen molar-refractivity contribution < 1.29 is 4.74 Å². The predicted molar refractivity (Wildman–Crippen MR) is 151 cm³/mol. The van der Waals surface area contributed by atoms with Crippen LogP contribution in [0.4, 0.5) is 0 Å². The van der Waals surface area contributed by atoms with Crippen LogP contribution in [0.25, 0.3) is 0 Å². The fourth-order valence-corrected chi connectivity index (χ4v) is 7.15. The van der Waals surface area contributed by atoms with E-state index in [2.05, 4.69) is 99.7 Å². The lowest BCUT2D eigenvalue weighted by molar-refractivity contribution is 0.0257. The highest BCUT2D eigenvalue weighted by atomic mass is 16.5. The third-order valence-electron chi connectivity index (χ3n) is 9.20. The third kappa shape index (κ3) is 5.11. The van der Waals surface area contributed by atoms with Crippen molar-refractivity contribution in [1.82, 2.24) is 5.32 Å². The Kier molecular flexibility index (Phi) is 7.26. The number of rotatable bonds is 8. The van der Waals surface area contributed by atoms with Crippen LogP contribution in [0, 0.1) is 11.3 Å². The van der Waals surface area contributed by atoms with Gasteiger partial charge in [-0.2, -0.15) is 0 Å². The topological polar surface area (TPSA) is 21.3 Å². The number of hydrogen-bond acceptors (Lipinski definition) is 2. The van der Waals surface area contributed by atoms with Crippen LogP contribution in [0.1, 0.15) is 87.1 Å². The summed E-state index contributed by atoms with van der Waals surface area (Å²) in [6.45, 7) is 12.3. The molecule has 36 heavy (non-hydrogen) atoms. The Morgan fingerprint density at radius 3 is 2.44 bits per heavy atom. The molecule has 0 aliphatic heterocycles.